The van der Waals surface area contributed by atoms with Crippen molar-refractivity contribution in [2.45, 2.75) is 62.9 Å². The number of carbonyl (C=O) groups excluding carboxylic acids is 3. The SMILES string of the molecule is O=C(C1CCC1)N1CCC(N2C(=O)NC3(CCN(CCc4ccccc4)CC3)C2=O)CC1. The maximum Gasteiger partial charge on any atom is 0.325 e. The molecular weight excluding hydrogens is 404 g/mol. The van der Waals surface area contributed by atoms with Crippen molar-refractivity contribution < 1.29 is 14.4 Å². The summed E-state index contributed by atoms with van der Waals surface area (Å²) in [7, 11) is 0. The molecule has 32 heavy (non-hydrogen) atoms. The van der Waals surface area contributed by atoms with Gasteiger partial charge in [0.05, 0.1) is 0 Å². The van der Waals surface area contributed by atoms with Gasteiger partial charge in [0, 0.05) is 44.7 Å². The van der Waals surface area contributed by atoms with Crippen molar-refractivity contribution in [3.05, 3.63) is 35.9 Å². The fourth-order valence-electron chi connectivity index (χ4n) is 5.66. The fraction of sp³-hybridized carbons (Fsp3) is 0.640. The summed E-state index contributed by atoms with van der Waals surface area (Å²) in [5.74, 6) is 0.429. The standard InChI is InChI=1S/C25H34N4O3/c30-22(20-7-4-8-20)28-15-10-21(11-16-28)29-23(31)25(26-24(29)32)12-17-27(18-13-25)14-9-19-5-2-1-3-6-19/h1-3,5-6,20-21H,4,7-18H2,(H,26,32). The molecule has 0 bridgehead atoms. The van der Waals surface area contributed by atoms with Crippen molar-refractivity contribution in [3.8, 4) is 0 Å². The first kappa shape index (κ1) is 21.4. The van der Waals surface area contributed by atoms with E-state index >= 15 is 0 Å². The normalized spacial score (nSPS) is 24.6. The molecule has 1 saturated carbocycles. The molecule has 4 fully saturated rings. The molecule has 3 heterocycles. The molecule has 0 radical (unpaired) electrons. The number of rotatable bonds is 5. The first-order valence-electron chi connectivity index (χ1n) is 12.3. The van der Waals surface area contributed by atoms with E-state index in [1.165, 1.54) is 10.5 Å². The Labute approximate surface area is 190 Å². The highest BCUT2D eigenvalue weighted by molar-refractivity contribution is 6.07. The second-order valence-corrected chi connectivity index (χ2v) is 9.95. The van der Waals surface area contributed by atoms with Gasteiger partial charge in [-0.15, -0.1) is 0 Å². The molecular formula is C25H34N4O3. The topological polar surface area (TPSA) is 73.0 Å². The van der Waals surface area contributed by atoms with E-state index in [-0.39, 0.29) is 29.8 Å². The Balaban J connectivity index is 1.14. The van der Waals surface area contributed by atoms with E-state index in [0.29, 0.717) is 38.8 Å². The van der Waals surface area contributed by atoms with Crippen molar-refractivity contribution in [1.29, 1.82) is 0 Å². The van der Waals surface area contributed by atoms with Crippen LogP contribution in [-0.2, 0) is 16.0 Å². The number of amides is 4. The number of hydrogen-bond donors (Lipinski definition) is 1. The molecule has 7 heteroatoms. The Morgan fingerprint density at radius 3 is 2.28 bits per heavy atom. The van der Waals surface area contributed by atoms with Crippen molar-refractivity contribution in [3.63, 3.8) is 0 Å². The lowest BCUT2D eigenvalue weighted by atomic mass is 9.83. The van der Waals surface area contributed by atoms with Crippen LogP contribution in [0.15, 0.2) is 30.3 Å². The average molecular weight is 439 g/mol. The van der Waals surface area contributed by atoms with Crippen LogP contribution < -0.4 is 5.32 Å². The molecule has 3 aliphatic heterocycles. The molecule has 172 valence electrons. The molecule has 7 nitrogen and oxygen atoms in total. The number of imide groups is 1. The van der Waals surface area contributed by atoms with Crippen LogP contribution in [0.25, 0.3) is 0 Å². The number of hydrogen-bond acceptors (Lipinski definition) is 4. The zero-order chi connectivity index (χ0) is 22.1. The summed E-state index contributed by atoms with van der Waals surface area (Å²) >= 11 is 0. The highest BCUT2D eigenvalue weighted by Crippen LogP contribution is 2.34. The summed E-state index contributed by atoms with van der Waals surface area (Å²) < 4.78 is 0. The molecule has 1 spiro atoms. The monoisotopic (exact) mass is 438 g/mol. The summed E-state index contributed by atoms with van der Waals surface area (Å²) in [5, 5.41) is 3.06. The van der Waals surface area contributed by atoms with E-state index in [2.05, 4.69) is 34.5 Å². The molecule has 1 N–H and O–H groups in total. The van der Waals surface area contributed by atoms with Crippen LogP contribution in [0.5, 0.6) is 0 Å². The third kappa shape index (κ3) is 4.03. The molecule has 0 unspecified atom stereocenters. The van der Waals surface area contributed by atoms with Crippen molar-refractivity contribution in [2.24, 2.45) is 5.92 Å². The largest absolute Gasteiger partial charge is 0.342 e. The van der Waals surface area contributed by atoms with Gasteiger partial charge in [-0.1, -0.05) is 36.8 Å². The second-order valence-electron chi connectivity index (χ2n) is 9.95. The van der Waals surface area contributed by atoms with E-state index in [4.69, 9.17) is 0 Å². The maximum atomic E-state index is 13.4. The van der Waals surface area contributed by atoms with Gasteiger partial charge < -0.3 is 15.1 Å². The van der Waals surface area contributed by atoms with Gasteiger partial charge in [-0.25, -0.2) is 4.79 Å². The lowest BCUT2D eigenvalue weighted by Crippen LogP contribution is -2.56. The highest BCUT2D eigenvalue weighted by atomic mass is 16.2. The smallest absolute Gasteiger partial charge is 0.325 e. The number of carbonyl (C=O) groups is 3. The first-order valence-corrected chi connectivity index (χ1v) is 12.3. The maximum absolute atomic E-state index is 13.4. The van der Waals surface area contributed by atoms with Crippen LogP contribution in [0, 0.1) is 5.92 Å². The quantitative estimate of drug-likeness (QED) is 0.717. The van der Waals surface area contributed by atoms with Gasteiger partial charge in [0.1, 0.15) is 5.54 Å². The number of nitrogens with one attached hydrogen (secondary N) is 1. The second kappa shape index (κ2) is 8.85. The summed E-state index contributed by atoms with van der Waals surface area (Å²) in [5.41, 5.74) is 0.588. The Hall–Kier alpha value is -2.41. The minimum Gasteiger partial charge on any atom is -0.342 e. The summed E-state index contributed by atoms with van der Waals surface area (Å²) in [6.45, 7) is 3.91. The van der Waals surface area contributed by atoms with Gasteiger partial charge in [-0.3, -0.25) is 14.5 Å². The molecule has 5 rings (SSSR count). The number of nitrogens with zero attached hydrogens (tertiary/aromatic N) is 3. The Morgan fingerprint density at radius 2 is 1.66 bits per heavy atom. The van der Waals surface area contributed by atoms with Crippen molar-refractivity contribution in [2.75, 3.05) is 32.7 Å². The molecule has 4 amide bonds. The molecule has 1 aromatic carbocycles. The number of urea groups is 1. The summed E-state index contributed by atoms with van der Waals surface area (Å²) in [6.07, 6.45) is 6.89. The third-order valence-corrected chi connectivity index (χ3v) is 8.06. The van der Waals surface area contributed by atoms with E-state index in [1.54, 1.807) is 0 Å². The van der Waals surface area contributed by atoms with Crippen LogP contribution in [-0.4, -0.2) is 76.8 Å². The van der Waals surface area contributed by atoms with Crippen LogP contribution >= 0.6 is 0 Å². The molecule has 0 aromatic heterocycles. The Morgan fingerprint density at radius 1 is 0.969 bits per heavy atom. The molecule has 0 atom stereocenters. The zero-order valence-electron chi connectivity index (χ0n) is 18.8. The highest BCUT2D eigenvalue weighted by Gasteiger charge is 2.54. The van der Waals surface area contributed by atoms with Crippen LogP contribution in [0.4, 0.5) is 4.79 Å². The van der Waals surface area contributed by atoms with Gasteiger partial charge in [0.2, 0.25) is 5.91 Å². The van der Waals surface area contributed by atoms with E-state index in [0.717, 1.165) is 45.3 Å². The number of piperidine rings is 2. The molecule has 1 aromatic rings. The van der Waals surface area contributed by atoms with Gasteiger partial charge in [-0.2, -0.15) is 0 Å². The molecule has 3 saturated heterocycles. The van der Waals surface area contributed by atoms with Crippen molar-refractivity contribution in [1.82, 2.24) is 20.0 Å². The van der Waals surface area contributed by atoms with E-state index in [1.807, 2.05) is 11.0 Å². The minimum atomic E-state index is -0.737. The third-order valence-electron chi connectivity index (χ3n) is 8.06. The van der Waals surface area contributed by atoms with Gasteiger partial charge >= 0.3 is 6.03 Å². The number of benzene rings is 1. The zero-order valence-corrected chi connectivity index (χ0v) is 18.8. The molecule has 4 aliphatic rings. The fourth-order valence-corrected chi connectivity index (χ4v) is 5.66. The van der Waals surface area contributed by atoms with Crippen LogP contribution in [0.2, 0.25) is 0 Å². The average Bonchev–Trinajstić information content (AvgIpc) is 3.02. The van der Waals surface area contributed by atoms with Crippen molar-refractivity contribution >= 4 is 17.8 Å². The van der Waals surface area contributed by atoms with Gasteiger partial charge in [0.15, 0.2) is 0 Å². The van der Waals surface area contributed by atoms with Gasteiger partial charge in [-0.05, 0) is 50.5 Å². The summed E-state index contributed by atoms with van der Waals surface area (Å²) in [6, 6.07) is 10.1. The van der Waals surface area contributed by atoms with E-state index in [9.17, 15) is 14.4 Å². The predicted octanol–water partition coefficient (Wildman–Crippen LogP) is 2.41. The van der Waals surface area contributed by atoms with Gasteiger partial charge in [0.25, 0.3) is 5.91 Å². The van der Waals surface area contributed by atoms with E-state index < -0.39 is 5.54 Å². The Bertz CT molecular complexity index is 853. The lowest BCUT2D eigenvalue weighted by molar-refractivity contribution is -0.140. The van der Waals surface area contributed by atoms with Crippen LogP contribution in [0.3, 0.4) is 0 Å². The molecule has 1 aliphatic carbocycles. The minimum absolute atomic E-state index is 0.0472. The Kier molecular flexibility index (Phi) is 5.93. The lowest BCUT2D eigenvalue weighted by Gasteiger charge is -2.40. The predicted molar refractivity (Wildman–Crippen MR) is 121 cm³/mol. The first-order chi connectivity index (χ1) is 15.6. The number of likely N-dealkylation sites (tertiary alicyclic amines) is 2. The van der Waals surface area contributed by atoms with Crippen LogP contribution in [0.1, 0.15) is 50.5 Å². The summed E-state index contributed by atoms with van der Waals surface area (Å²) in [4.78, 5) is 44.6.